The van der Waals surface area contributed by atoms with Crippen LogP contribution in [0.2, 0.25) is 0 Å². The lowest BCUT2D eigenvalue weighted by Crippen LogP contribution is -1.93. The second kappa shape index (κ2) is 1.70. The van der Waals surface area contributed by atoms with Crippen molar-refractivity contribution in [2.45, 2.75) is 0 Å². The third-order valence-electron chi connectivity index (χ3n) is 0.551. The van der Waals surface area contributed by atoms with E-state index in [0.29, 0.717) is 6.54 Å². The molecule has 6 heavy (non-hydrogen) atoms. The van der Waals surface area contributed by atoms with Gasteiger partial charge in [-0.2, -0.15) is 0 Å². The van der Waals surface area contributed by atoms with Crippen molar-refractivity contribution in [3.63, 3.8) is 0 Å². The summed E-state index contributed by atoms with van der Waals surface area (Å²) < 4.78 is 6.92. The molecular weight excluding hydrogens is 76.1 g/mol. The number of rotatable bonds is 0. The zero-order valence-corrected chi connectivity index (χ0v) is 3.33. The second-order valence-electron chi connectivity index (χ2n) is 0.995. The van der Waals surface area contributed by atoms with E-state index in [-0.39, 0.29) is 0 Å². The maximum atomic E-state index is 6.92. The van der Waals surface area contributed by atoms with Gasteiger partial charge in [0.25, 0.3) is 0 Å². The molecule has 0 saturated heterocycles. The van der Waals surface area contributed by atoms with Gasteiger partial charge in [-0.25, -0.2) is 0 Å². The summed E-state index contributed by atoms with van der Waals surface area (Å²) >= 11 is 0. The molecule has 0 aromatic carbocycles. The number of nitrogens with zero attached hydrogens (tertiary/aromatic N) is 2. The van der Waals surface area contributed by atoms with E-state index in [4.69, 9.17) is 1.37 Å². The van der Waals surface area contributed by atoms with Gasteiger partial charge in [0.2, 0.25) is 0 Å². The van der Waals surface area contributed by atoms with Gasteiger partial charge in [0.1, 0.15) is 0 Å². The molecule has 0 aromatic rings. The van der Waals surface area contributed by atoms with Crippen molar-refractivity contribution in [1.82, 2.24) is 0 Å². The summed E-state index contributed by atoms with van der Waals surface area (Å²) in [5.41, 5.74) is 0. The molecule has 0 saturated carbocycles. The molecule has 1 unspecified atom stereocenters. The zero-order chi connectivity index (χ0) is 5.11. The van der Waals surface area contributed by atoms with E-state index in [1.54, 1.807) is 6.21 Å². The Morgan fingerprint density at radius 1 is 1.50 bits per heavy atom. The molecule has 0 radical (unpaired) electrons. The van der Waals surface area contributed by atoms with Crippen LogP contribution in [0.3, 0.4) is 0 Å². The van der Waals surface area contributed by atoms with Gasteiger partial charge in [-0.3, -0.25) is 9.98 Å². The highest BCUT2D eigenvalue weighted by Gasteiger charge is 1.77. The zero-order valence-electron chi connectivity index (χ0n) is 4.33. The minimum absolute atomic E-state index is 0.436. The van der Waals surface area contributed by atoms with Gasteiger partial charge in [-0.05, 0) is 0 Å². The van der Waals surface area contributed by atoms with Gasteiger partial charge in [-0.1, -0.05) is 0 Å². The van der Waals surface area contributed by atoms with Crippen LogP contribution in [0.5, 0.6) is 0 Å². The molecule has 1 rings (SSSR count). The minimum Gasteiger partial charge on any atom is -0.290 e. The molecule has 0 aromatic heterocycles. The molecular formula is C4H6N2. The van der Waals surface area contributed by atoms with Crippen molar-refractivity contribution in [2.24, 2.45) is 9.98 Å². The van der Waals surface area contributed by atoms with Crippen LogP contribution in [0, 0.1) is 0 Å². The molecule has 0 aliphatic carbocycles. The van der Waals surface area contributed by atoms with Crippen LogP contribution in [0.4, 0.5) is 0 Å². The first-order valence-electron chi connectivity index (χ1n) is 2.41. The Morgan fingerprint density at radius 3 is 2.83 bits per heavy atom. The quantitative estimate of drug-likeness (QED) is 0.398. The standard InChI is InChI=1S/C4H6N2/c1-2-6-4-3-5-1/h1,4H,2-3H2/i2D. The summed E-state index contributed by atoms with van der Waals surface area (Å²) in [4.78, 5) is 7.52. The molecule has 0 fully saturated rings. The van der Waals surface area contributed by atoms with Gasteiger partial charge in [0, 0.05) is 12.4 Å². The van der Waals surface area contributed by atoms with E-state index in [9.17, 15) is 0 Å². The molecule has 2 nitrogen and oxygen atoms in total. The van der Waals surface area contributed by atoms with Crippen LogP contribution < -0.4 is 0 Å². The predicted molar refractivity (Wildman–Crippen MR) is 26.7 cm³/mol. The average molecular weight is 83.1 g/mol. The van der Waals surface area contributed by atoms with Gasteiger partial charge in [0.05, 0.1) is 14.4 Å². The topological polar surface area (TPSA) is 24.7 Å². The van der Waals surface area contributed by atoms with Crippen LogP contribution in [0.15, 0.2) is 9.98 Å². The van der Waals surface area contributed by atoms with E-state index in [1.807, 2.05) is 0 Å². The summed E-state index contributed by atoms with van der Waals surface area (Å²) in [5.74, 6) is 0. The molecule has 1 aliphatic rings. The van der Waals surface area contributed by atoms with Crippen LogP contribution in [0.1, 0.15) is 1.37 Å². The monoisotopic (exact) mass is 83.1 g/mol. The Labute approximate surface area is 38.0 Å². The van der Waals surface area contributed by atoms with E-state index in [1.165, 1.54) is 6.21 Å². The molecule has 0 amide bonds. The van der Waals surface area contributed by atoms with Crippen molar-refractivity contribution in [3.8, 4) is 0 Å². The van der Waals surface area contributed by atoms with Gasteiger partial charge >= 0.3 is 0 Å². The first-order chi connectivity index (χ1) is 3.39. The predicted octanol–water partition coefficient (Wildman–Crippen LogP) is 0.142. The first kappa shape index (κ1) is 2.50. The summed E-state index contributed by atoms with van der Waals surface area (Å²) in [6.07, 6.45) is 3.18. The van der Waals surface area contributed by atoms with E-state index in [2.05, 4.69) is 9.98 Å². The van der Waals surface area contributed by atoms with Gasteiger partial charge in [-0.15, -0.1) is 0 Å². The van der Waals surface area contributed by atoms with E-state index in [0.717, 1.165) is 0 Å². The lowest BCUT2D eigenvalue weighted by molar-refractivity contribution is 1.20. The summed E-state index contributed by atoms with van der Waals surface area (Å²) in [6, 6.07) is 0. The number of hydrogen-bond donors (Lipinski definition) is 0. The lowest BCUT2D eigenvalue weighted by atomic mass is 10.6. The Morgan fingerprint density at radius 2 is 2.50 bits per heavy atom. The second-order valence-corrected chi connectivity index (χ2v) is 0.995. The highest BCUT2D eigenvalue weighted by molar-refractivity contribution is 5.72. The van der Waals surface area contributed by atoms with Crippen molar-refractivity contribution in [3.05, 3.63) is 0 Å². The largest absolute Gasteiger partial charge is 0.290 e. The van der Waals surface area contributed by atoms with Crippen molar-refractivity contribution in [2.75, 3.05) is 13.1 Å². The highest BCUT2D eigenvalue weighted by atomic mass is 14.8. The fourth-order valence-corrected chi connectivity index (χ4v) is 0.302. The normalized spacial score (nSPS) is 33.3. The van der Waals surface area contributed by atoms with Crippen molar-refractivity contribution < 1.29 is 1.37 Å². The van der Waals surface area contributed by atoms with Gasteiger partial charge in [0.15, 0.2) is 0 Å². The number of hydrogen-bond acceptors (Lipinski definition) is 2. The molecule has 1 heterocycles. The van der Waals surface area contributed by atoms with Gasteiger partial charge < -0.3 is 0 Å². The molecule has 0 bridgehead atoms. The molecule has 0 N–H and O–H groups in total. The van der Waals surface area contributed by atoms with Crippen LogP contribution in [0.25, 0.3) is 0 Å². The third-order valence-corrected chi connectivity index (χ3v) is 0.551. The fraction of sp³-hybridized carbons (Fsp3) is 0.500. The molecule has 0 spiro atoms. The maximum Gasteiger partial charge on any atom is 0.0734 e. The third kappa shape index (κ3) is 0.641. The van der Waals surface area contributed by atoms with Crippen molar-refractivity contribution in [1.29, 1.82) is 0 Å². The Kier molecular flexibility index (Phi) is 0.708. The van der Waals surface area contributed by atoms with Crippen LogP contribution >= 0.6 is 0 Å². The average Bonchev–Trinajstić information content (AvgIpc) is 1.69. The molecule has 1 aliphatic heterocycles. The van der Waals surface area contributed by atoms with E-state index >= 15 is 0 Å². The Hall–Kier alpha value is -0.660. The summed E-state index contributed by atoms with van der Waals surface area (Å²) in [6.45, 7) is 0.212. The minimum atomic E-state index is -0.436. The number of aliphatic imine (C=N–C) groups is 2. The fourth-order valence-electron chi connectivity index (χ4n) is 0.302. The Bertz CT molecular complexity index is 96.3. The smallest absolute Gasteiger partial charge is 0.0734 e. The maximum absolute atomic E-state index is 6.92. The SMILES string of the molecule is [2H]C1C=NCC=N1. The molecule has 32 valence electrons. The first-order valence-corrected chi connectivity index (χ1v) is 1.83. The summed E-state index contributed by atoms with van der Waals surface area (Å²) in [5, 5.41) is 0. The van der Waals surface area contributed by atoms with Crippen LogP contribution in [-0.4, -0.2) is 25.5 Å². The molecule has 2 heteroatoms. The van der Waals surface area contributed by atoms with Crippen molar-refractivity contribution >= 4 is 12.4 Å². The summed E-state index contributed by atoms with van der Waals surface area (Å²) in [7, 11) is 0. The Balaban J connectivity index is 2.49. The molecule has 1 atom stereocenters. The van der Waals surface area contributed by atoms with E-state index < -0.39 is 6.52 Å². The highest BCUT2D eigenvalue weighted by Crippen LogP contribution is 1.72. The van der Waals surface area contributed by atoms with Crippen LogP contribution in [-0.2, 0) is 0 Å². The lowest BCUT2D eigenvalue weighted by Gasteiger charge is -1.88.